The molecule has 0 saturated carbocycles. The second kappa shape index (κ2) is 6.70. The molecule has 5 nitrogen and oxygen atoms in total. The van der Waals surface area contributed by atoms with Gasteiger partial charge in [0.15, 0.2) is 0 Å². The summed E-state index contributed by atoms with van der Waals surface area (Å²) < 4.78 is 0. The van der Waals surface area contributed by atoms with Crippen LogP contribution in [0.1, 0.15) is 54.6 Å². The molecule has 0 aromatic carbocycles. The van der Waals surface area contributed by atoms with Crippen molar-refractivity contribution in [2.45, 2.75) is 39.7 Å². The van der Waals surface area contributed by atoms with E-state index in [2.05, 4.69) is 17.2 Å². The van der Waals surface area contributed by atoms with Gasteiger partial charge in [0.1, 0.15) is 11.4 Å². The molecule has 1 fully saturated rings. The number of amides is 2. The fraction of sp³-hybridized carbons (Fsp3) is 0.562. The van der Waals surface area contributed by atoms with Crippen LogP contribution in [0.25, 0.3) is 0 Å². The Morgan fingerprint density at radius 1 is 1.33 bits per heavy atom. The molecule has 2 amide bonds. The highest BCUT2D eigenvalue weighted by atomic mass is 16.2. The standard InChI is InChI=1S/C16H23N3O2/c1-11(2)17-15(20)13-7-4-8-14(18-13)16(21)19-9-5-6-12(3)10-19/h4,7-8,11-12H,5-6,9-10H2,1-3H3,(H,17,20). The number of hydrogen-bond donors (Lipinski definition) is 1. The third kappa shape index (κ3) is 4.03. The summed E-state index contributed by atoms with van der Waals surface area (Å²) in [7, 11) is 0. The van der Waals surface area contributed by atoms with Gasteiger partial charge in [-0.05, 0) is 44.7 Å². The smallest absolute Gasteiger partial charge is 0.272 e. The predicted octanol–water partition coefficient (Wildman–Crippen LogP) is 2.09. The van der Waals surface area contributed by atoms with Gasteiger partial charge >= 0.3 is 0 Å². The van der Waals surface area contributed by atoms with Crippen LogP contribution >= 0.6 is 0 Å². The third-order valence-corrected chi connectivity index (χ3v) is 3.56. The van der Waals surface area contributed by atoms with Crippen LogP contribution in [0.5, 0.6) is 0 Å². The van der Waals surface area contributed by atoms with E-state index in [-0.39, 0.29) is 17.9 Å². The summed E-state index contributed by atoms with van der Waals surface area (Å²) in [4.78, 5) is 30.5. The summed E-state index contributed by atoms with van der Waals surface area (Å²) >= 11 is 0. The molecule has 0 bridgehead atoms. The molecule has 114 valence electrons. The van der Waals surface area contributed by atoms with Gasteiger partial charge in [-0.25, -0.2) is 4.98 Å². The zero-order valence-corrected chi connectivity index (χ0v) is 12.9. The van der Waals surface area contributed by atoms with Crippen LogP contribution in [0, 0.1) is 5.92 Å². The topological polar surface area (TPSA) is 62.3 Å². The maximum absolute atomic E-state index is 12.5. The van der Waals surface area contributed by atoms with Gasteiger partial charge in [-0.15, -0.1) is 0 Å². The van der Waals surface area contributed by atoms with Crippen LogP contribution in [0.2, 0.25) is 0 Å². The molecule has 21 heavy (non-hydrogen) atoms. The predicted molar refractivity (Wildman–Crippen MR) is 81.1 cm³/mol. The Kier molecular flexibility index (Phi) is 4.94. The molecule has 5 heteroatoms. The molecule has 0 aliphatic carbocycles. The molecule has 0 radical (unpaired) electrons. The lowest BCUT2D eigenvalue weighted by Crippen LogP contribution is -2.39. The fourth-order valence-electron chi connectivity index (χ4n) is 2.55. The highest BCUT2D eigenvalue weighted by Crippen LogP contribution is 2.17. The maximum atomic E-state index is 12.5. The van der Waals surface area contributed by atoms with Gasteiger partial charge in [0, 0.05) is 19.1 Å². The van der Waals surface area contributed by atoms with Crippen LogP contribution in [-0.4, -0.2) is 40.8 Å². The third-order valence-electron chi connectivity index (χ3n) is 3.56. The largest absolute Gasteiger partial charge is 0.349 e. The summed E-state index contributed by atoms with van der Waals surface area (Å²) in [6.45, 7) is 7.47. The first-order valence-electron chi connectivity index (χ1n) is 7.54. The Morgan fingerprint density at radius 2 is 2.05 bits per heavy atom. The molecule has 1 saturated heterocycles. The highest BCUT2D eigenvalue weighted by molar-refractivity contribution is 5.96. The number of nitrogens with zero attached hydrogens (tertiary/aromatic N) is 2. The summed E-state index contributed by atoms with van der Waals surface area (Å²) in [5.41, 5.74) is 0.639. The number of carbonyl (C=O) groups excluding carboxylic acids is 2. The SMILES string of the molecule is CC1CCCN(C(=O)c2cccc(C(=O)NC(C)C)n2)C1. The minimum atomic E-state index is -0.244. The van der Waals surface area contributed by atoms with Gasteiger partial charge in [0.05, 0.1) is 0 Å². The molecule has 1 atom stereocenters. The Hall–Kier alpha value is -1.91. The van der Waals surface area contributed by atoms with E-state index in [0.29, 0.717) is 17.3 Å². The van der Waals surface area contributed by atoms with Gasteiger partial charge in [-0.2, -0.15) is 0 Å². The number of carbonyl (C=O) groups is 2. The average molecular weight is 289 g/mol. The Balaban J connectivity index is 2.13. The summed E-state index contributed by atoms with van der Waals surface area (Å²) in [6, 6.07) is 5.06. The lowest BCUT2D eigenvalue weighted by atomic mass is 10.00. The van der Waals surface area contributed by atoms with Gasteiger partial charge in [-0.3, -0.25) is 9.59 Å². The van der Waals surface area contributed by atoms with Crippen molar-refractivity contribution in [3.8, 4) is 0 Å². The van der Waals surface area contributed by atoms with Gasteiger partial charge in [0.25, 0.3) is 11.8 Å². The summed E-state index contributed by atoms with van der Waals surface area (Å²) in [5, 5.41) is 2.79. The Morgan fingerprint density at radius 3 is 2.71 bits per heavy atom. The van der Waals surface area contributed by atoms with Crippen LogP contribution < -0.4 is 5.32 Å². The van der Waals surface area contributed by atoms with Crippen molar-refractivity contribution in [3.05, 3.63) is 29.6 Å². The number of nitrogens with one attached hydrogen (secondary N) is 1. The van der Waals surface area contributed by atoms with E-state index in [9.17, 15) is 9.59 Å². The maximum Gasteiger partial charge on any atom is 0.272 e. The van der Waals surface area contributed by atoms with E-state index < -0.39 is 0 Å². The fourth-order valence-corrected chi connectivity index (χ4v) is 2.55. The average Bonchev–Trinajstić information content (AvgIpc) is 2.46. The van der Waals surface area contributed by atoms with E-state index in [1.165, 1.54) is 0 Å². The van der Waals surface area contributed by atoms with Crippen molar-refractivity contribution < 1.29 is 9.59 Å². The first-order valence-corrected chi connectivity index (χ1v) is 7.54. The van der Waals surface area contributed by atoms with Crippen LogP contribution in [-0.2, 0) is 0 Å². The molecular weight excluding hydrogens is 266 g/mol. The van der Waals surface area contributed by atoms with Crippen LogP contribution in [0.4, 0.5) is 0 Å². The first-order chi connectivity index (χ1) is 9.97. The number of rotatable bonds is 3. The van der Waals surface area contributed by atoms with Crippen molar-refractivity contribution in [3.63, 3.8) is 0 Å². The number of likely N-dealkylation sites (tertiary alicyclic amines) is 1. The number of hydrogen-bond acceptors (Lipinski definition) is 3. The van der Waals surface area contributed by atoms with Crippen LogP contribution in [0.15, 0.2) is 18.2 Å². The van der Waals surface area contributed by atoms with Gasteiger partial charge in [-0.1, -0.05) is 13.0 Å². The zero-order chi connectivity index (χ0) is 15.4. The van der Waals surface area contributed by atoms with E-state index in [4.69, 9.17) is 0 Å². The number of pyridine rings is 1. The summed E-state index contributed by atoms with van der Waals surface area (Å²) in [6.07, 6.45) is 2.19. The molecule has 0 spiro atoms. The van der Waals surface area contributed by atoms with E-state index in [0.717, 1.165) is 25.9 Å². The number of aromatic nitrogens is 1. The Bertz CT molecular complexity index is 528. The first kappa shape index (κ1) is 15.5. The molecule has 1 aliphatic rings. The number of piperidine rings is 1. The Labute approximate surface area is 125 Å². The second-order valence-corrected chi connectivity index (χ2v) is 6.03. The van der Waals surface area contributed by atoms with Crippen molar-refractivity contribution in [2.75, 3.05) is 13.1 Å². The minimum absolute atomic E-state index is 0.0431. The van der Waals surface area contributed by atoms with E-state index in [1.54, 1.807) is 18.2 Å². The summed E-state index contributed by atoms with van der Waals surface area (Å²) in [5.74, 6) is 0.197. The molecule has 2 heterocycles. The molecule has 2 rings (SSSR count). The molecule has 1 unspecified atom stereocenters. The molecular formula is C16H23N3O2. The van der Waals surface area contributed by atoms with Crippen molar-refractivity contribution in [1.29, 1.82) is 0 Å². The zero-order valence-electron chi connectivity index (χ0n) is 12.9. The molecule has 1 aliphatic heterocycles. The highest BCUT2D eigenvalue weighted by Gasteiger charge is 2.23. The van der Waals surface area contributed by atoms with Gasteiger partial charge < -0.3 is 10.2 Å². The van der Waals surface area contributed by atoms with E-state index >= 15 is 0 Å². The van der Waals surface area contributed by atoms with Crippen LogP contribution in [0.3, 0.4) is 0 Å². The quantitative estimate of drug-likeness (QED) is 0.927. The normalized spacial score (nSPS) is 18.7. The minimum Gasteiger partial charge on any atom is -0.349 e. The molecule has 1 aromatic rings. The lowest BCUT2D eigenvalue weighted by Gasteiger charge is -2.30. The second-order valence-electron chi connectivity index (χ2n) is 6.03. The lowest BCUT2D eigenvalue weighted by molar-refractivity contribution is 0.0677. The van der Waals surface area contributed by atoms with Gasteiger partial charge in [0.2, 0.25) is 0 Å². The van der Waals surface area contributed by atoms with Crippen molar-refractivity contribution in [1.82, 2.24) is 15.2 Å². The molecule has 1 N–H and O–H groups in total. The van der Waals surface area contributed by atoms with Crippen molar-refractivity contribution in [2.24, 2.45) is 5.92 Å². The van der Waals surface area contributed by atoms with E-state index in [1.807, 2.05) is 18.7 Å². The molecule has 1 aromatic heterocycles. The van der Waals surface area contributed by atoms with Crippen molar-refractivity contribution >= 4 is 11.8 Å². The monoisotopic (exact) mass is 289 g/mol.